The first-order valence-electron chi connectivity index (χ1n) is 6.02. The number of carbonyl (C=O) groups is 1. The lowest BCUT2D eigenvalue weighted by molar-refractivity contribution is -0.139. The van der Waals surface area contributed by atoms with E-state index < -0.39 is 12.7 Å². The molecule has 3 rings (SSSR count). The zero-order valence-electron chi connectivity index (χ0n) is 10.3. The first-order valence-corrected chi connectivity index (χ1v) is 6.02. The van der Waals surface area contributed by atoms with Crippen LogP contribution in [0.15, 0.2) is 42.5 Å². The van der Waals surface area contributed by atoms with Gasteiger partial charge in [0.15, 0.2) is 0 Å². The van der Waals surface area contributed by atoms with Crippen LogP contribution in [0.25, 0.3) is 21.8 Å². The molecule has 0 unspecified atom stereocenters. The predicted molar refractivity (Wildman–Crippen MR) is 70.9 cm³/mol. The number of para-hydroxylation sites is 1. The average Bonchev–Trinajstić information content (AvgIpc) is 2.71. The van der Waals surface area contributed by atoms with Crippen LogP contribution in [0.5, 0.6) is 0 Å². The van der Waals surface area contributed by atoms with Gasteiger partial charge < -0.3 is 4.57 Å². The summed E-state index contributed by atoms with van der Waals surface area (Å²) in [5, 5.41) is 1.38. The molecule has 1 heterocycles. The van der Waals surface area contributed by atoms with Crippen LogP contribution in [0.4, 0.5) is 13.2 Å². The SMILES string of the molecule is O=Cc1ccc2c(c1)c1ccccc1n2CC(F)(F)F. The molecule has 0 fully saturated rings. The Bertz CT molecular complexity index is 802. The minimum Gasteiger partial charge on any atom is -0.331 e. The Morgan fingerprint density at radius 3 is 2.40 bits per heavy atom. The van der Waals surface area contributed by atoms with Crippen molar-refractivity contribution < 1.29 is 18.0 Å². The lowest BCUT2D eigenvalue weighted by Crippen LogP contribution is -2.17. The molecule has 0 spiro atoms. The molecule has 1 aromatic heterocycles. The zero-order chi connectivity index (χ0) is 14.3. The van der Waals surface area contributed by atoms with E-state index in [0.29, 0.717) is 28.3 Å². The summed E-state index contributed by atoms with van der Waals surface area (Å²) in [6.07, 6.45) is -3.60. The molecule has 0 saturated heterocycles. The Hall–Kier alpha value is -2.30. The number of hydrogen-bond donors (Lipinski definition) is 0. The van der Waals surface area contributed by atoms with E-state index in [1.54, 1.807) is 36.4 Å². The molecule has 0 aliphatic heterocycles. The van der Waals surface area contributed by atoms with Gasteiger partial charge in [-0.25, -0.2) is 0 Å². The molecule has 0 saturated carbocycles. The summed E-state index contributed by atoms with van der Waals surface area (Å²) in [7, 11) is 0. The van der Waals surface area contributed by atoms with Crippen molar-refractivity contribution in [1.82, 2.24) is 4.57 Å². The zero-order valence-corrected chi connectivity index (χ0v) is 10.3. The van der Waals surface area contributed by atoms with Crippen molar-refractivity contribution in [2.45, 2.75) is 12.7 Å². The van der Waals surface area contributed by atoms with Crippen LogP contribution in [0.1, 0.15) is 10.4 Å². The van der Waals surface area contributed by atoms with Gasteiger partial charge in [-0.15, -0.1) is 0 Å². The summed E-state index contributed by atoms with van der Waals surface area (Å²) in [5.41, 5.74) is 1.45. The highest BCUT2D eigenvalue weighted by atomic mass is 19.4. The fourth-order valence-electron chi connectivity index (χ4n) is 2.49. The van der Waals surface area contributed by atoms with E-state index in [9.17, 15) is 18.0 Å². The van der Waals surface area contributed by atoms with Crippen molar-refractivity contribution in [1.29, 1.82) is 0 Å². The molecular weight excluding hydrogens is 267 g/mol. The van der Waals surface area contributed by atoms with Gasteiger partial charge in [0.05, 0.1) is 0 Å². The number of aldehydes is 1. The fraction of sp³-hybridized carbons (Fsp3) is 0.133. The summed E-state index contributed by atoms with van der Waals surface area (Å²) in [4.78, 5) is 10.8. The number of nitrogens with zero attached hydrogens (tertiary/aromatic N) is 1. The van der Waals surface area contributed by atoms with Crippen molar-refractivity contribution >= 4 is 28.1 Å². The van der Waals surface area contributed by atoms with Gasteiger partial charge in [0, 0.05) is 27.4 Å². The summed E-state index contributed by atoms with van der Waals surface area (Å²) in [5.74, 6) is 0. The van der Waals surface area contributed by atoms with E-state index >= 15 is 0 Å². The van der Waals surface area contributed by atoms with Crippen LogP contribution < -0.4 is 0 Å². The summed E-state index contributed by atoms with van der Waals surface area (Å²) in [6.45, 7) is -1.04. The number of rotatable bonds is 2. The second-order valence-electron chi connectivity index (χ2n) is 4.61. The lowest BCUT2D eigenvalue weighted by atomic mass is 10.1. The van der Waals surface area contributed by atoms with Crippen molar-refractivity contribution in [2.75, 3.05) is 0 Å². The average molecular weight is 277 g/mol. The van der Waals surface area contributed by atoms with E-state index in [2.05, 4.69) is 0 Å². The van der Waals surface area contributed by atoms with Gasteiger partial charge in [-0.1, -0.05) is 18.2 Å². The Morgan fingerprint density at radius 1 is 1.00 bits per heavy atom. The maximum Gasteiger partial charge on any atom is 0.406 e. The molecule has 0 radical (unpaired) electrons. The maximum absolute atomic E-state index is 12.7. The third-order valence-electron chi connectivity index (χ3n) is 3.27. The second kappa shape index (κ2) is 4.37. The Kier molecular flexibility index (Phi) is 2.78. The maximum atomic E-state index is 12.7. The third-order valence-corrected chi connectivity index (χ3v) is 3.27. The summed E-state index contributed by atoms with van der Waals surface area (Å²) < 4.78 is 39.5. The van der Waals surface area contributed by atoms with Crippen molar-refractivity contribution in [3.05, 3.63) is 48.0 Å². The lowest BCUT2D eigenvalue weighted by Gasteiger charge is -2.10. The van der Waals surface area contributed by atoms with E-state index in [1.807, 2.05) is 0 Å². The van der Waals surface area contributed by atoms with E-state index in [-0.39, 0.29) is 0 Å². The highest BCUT2D eigenvalue weighted by Gasteiger charge is 2.29. The number of benzene rings is 2. The van der Waals surface area contributed by atoms with E-state index in [0.717, 1.165) is 5.39 Å². The van der Waals surface area contributed by atoms with Gasteiger partial charge in [0.25, 0.3) is 0 Å². The number of carbonyl (C=O) groups excluding carboxylic acids is 1. The van der Waals surface area contributed by atoms with Gasteiger partial charge in [0.2, 0.25) is 0 Å². The molecule has 0 atom stereocenters. The van der Waals surface area contributed by atoms with Crippen LogP contribution in [0, 0.1) is 0 Å². The molecular formula is C15H10F3NO. The number of hydrogen-bond acceptors (Lipinski definition) is 1. The molecule has 0 N–H and O–H groups in total. The van der Waals surface area contributed by atoms with Gasteiger partial charge in [-0.2, -0.15) is 13.2 Å². The molecule has 2 nitrogen and oxygen atoms in total. The molecule has 2 aromatic carbocycles. The molecule has 0 aliphatic carbocycles. The fourth-order valence-corrected chi connectivity index (χ4v) is 2.49. The third kappa shape index (κ3) is 2.05. The number of aromatic nitrogens is 1. The van der Waals surface area contributed by atoms with Crippen molar-refractivity contribution in [3.63, 3.8) is 0 Å². The first kappa shape index (κ1) is 12.7. The minimum absolute atomic E-state index is 0.451. The van der Waals surface area contributed by atoms with Crippen LogP contribution in [0.3, 0.4) is 0 Å². The van der Waals surface area contributed by atoms with Crippen LogP contribution >= 0.6 is 0 Å². The Morgan fingerprint density at radius 2 is 1.70 bits per heavy atom. The Labute approximate surface area is 112 Å². The van der Waals surface area contributed by atoms with Crippen molar-refractivity contribution in [2.24, 2.45) is 0 Å². The normalized spacial score (nSPS) is 12.2. The Balaban J connectivity index is 2.38. The van der Waals surface area contributed by atoms with Gasteiger partial charge in [-0.3, -0.25) is 4.79 Å². The van der Waals surface area contributed by atoms with Gasteiger partial charge >= 0.3 is 6.18 Å². The highest BCUT2D eigenvalue weighted by molar-refractivity contribution is 6.09. The standard InChI is InChI=1S/C15H10F3NO/c16-15(17,18)9-19-13-4-2-1-3-11(13)12-7-10(8-20)5-6-14(12)19/h1-8H,9H2. The molecule has 5 heteroatoms. The van der Waals surface area contributed by atoms with Crippen LogP contribution in [-0.2, 0) is 6.54 Å². The smallest absolute Gasteiger partial charge is 0.331 e. The predicted octanol–water partition coefficient (Wildman–Crippen LogP) is 4.17. The molecule has 0 amide bonds. The molecule has 0 aliphatic rings. The quantitative estimate of drug-likeness (QED) is 0.644. The van der Waals surface area contributed by atoms with Gasteiger partial charge in [-0.05, 0) is 24.3 Å². The summed E-state index contributed by atoms with van der Waals surface area (Å²) >= 11 is 0. The highest BCUT2D eigenvalue weighted by Crippen LogP contribution is 2.32. The van der Waals surface area contributed by atoms with Crippen LogP contribution in [-0.4, -0.2) is 17.0 Å². The van der Waals surface area contributed by atoms with Crippen molar-refractivity contribution in [3.8, 4) is 0 Å². The molecule has 0 bridgehead atoms. The van der Waals surface area contributed by atoms with Gasteiger partial charge in [0.1, 0.15) is 12.8 Å². The second-order valence-corrected chi connectivity index (χ2v) is 4.61. The van der Waals surface area contributed by atoms with E-state index in [1.165, 1.54) is 10.6 Å². The van der Waals surface area contributed by atoms with E-state index in [4.69, 9.17) is 0 Å². The first-order chi connectivity index (χ1) is 9.49. The number of alkyl halides is 3. The molecule has 102 valence electrons. The summed E-state index contributed by atoms with van der Waals surface area (Å²) in [6, 6.07) is 11.6. The molecule has 20 heavy (non-hydrogen) atoms. The number of fused-ring (bicyclic) bond motifs is 3. The minimum atomic E-state index is -4.29. The number of halogens is 3. The molecule has 3 aromatic rings. The topological polar surface area (TPSA) is 22.0 Å². The largest absolute Gasteiger partial charge is 0.406 e. The monoisotopic (exact) mass is 277 g/mol. The van der Waals surface area contributed by atoms with Crippen LogP contribution in [0.2, 0.25) is 0 Å².